The number of amides is 1. The fourth-order valence-electron chi connectivity index (χ4n) is 1.39. The highest BCUT2D eigenvalue weighted by Gasteiger charge is 2.09. The van der Waals surface area contributed by atoms with Crippen molar-refractivity contribution >= 4 is 17.2 Å². The van der Waals surface area contributed by atoms with Crippen molar-refractivity contribution in [3.05, 3.63) is 39.7 Å². The van der Waals surface area contributed by atoms with Gasteiger partial charge < -0.3 is 15.5 Å². The highest BCUT2D eigenvalue weighted by molar-refractivity contribution is 7.14. The van der Waals surface area contributed by atoms with Gasteiger partial charge in [-0.25, -0.2) is 4.98 Å². The van der Waals surface area contributed by atoms with E-state index in [1.165, 1.54) is 11.3 Å². The van der Waals surface area contributed by atoms with Crippen LogP contribution in [-0.2, 0) is 6.54 Å². The van der Waals surface area contributed by atoms with Crippen molar-refractivity contribution in [3.63, 3.8) is 0 Å². The molecule has 5 nitrogen and oxygen atoms in total. The van der Waals surface area contributed by atoms with Crippen LogP contribution in [-0.4, -0.2) is 17.4 Å². The van der Waals surface area contributed by atoms with Crippen LogP contribution in [0.1, 0.15) is 26.2 Å². The van der Waals surface area contributed by atoms with Gasteiger partial charge in [-0.3, -0.25) is 4.79 Å². The summed E-state index contributed by atoms with van der Waals surface area (Å²) in [7, 11) is 0. The SMILES string of the molecule is Cc1cnc(CNC(=O)c2ccc(C#CCN)s2)o1. The van der Waals surface area contributed by atoms with Gasteiger partial charge in [-0.05, 0) is 19.1 Å². The van der Waals surface area contributed by atoms with Crippen molar-refractivity contribution in [2.75, 3.05) is 6.54 Å². The Hall–Kier alpha value is -2.10. The molecule has 0 spiro atoms. The predicted octanol–water partition coefficient (Wildman–Crippen LogP) is 1.28. The van der Waals surface area contributed by atoms with Gasteiger partial charge in [-0.15, -0.1) is 11.3 Å². The Morgan fingerprint density at radius 1 is 1.58 bits per heavy atom. The zero-order valence-electron chi connectivity index (χ0n) is 10.4. The lowest BCUT2D eigenvalue weighted by molar-refractivity contribution is 0.0951. The number of nitrogens with two attached hydrogens (primary N) is 1. The molecule has 2 rings (SSSR count). The minimum Gasteiger partial charge on any atom is -0.444 e. The number of hydrogen-bond donors (Lipinski definition) is 2. The number of carbonyl (C=O) groups is 1. The second-order valence-corrected chi connectivity index (χ2v) is 4.80. The molecule has 0 radical (unpaired) electrons. The monoisotopic (exact) mass is 275 g/mol. The average molecular weight is 275 g/mol. The predicted molar refractivity (Wildman–Crippen MR) is 72.7 cm³/mol. The van der Waals surface area contributed by atoms with Gasteiger partial charge in [0.05, 0.1) is 29.0 Å². The van der Waals surface area contributed by atoms with E-state index in [1.807, 2.05) is 0 Å². The maximum Gasteiger partial charge on any atom is 0.261 e. The number of hydrogen-bond acceptors (Lipinski definition) is 5. The maximum absolute atomic E-state index is 11.9. The van der Waals surface area contributed by atoms with Gasteiger partial charge in [0.1, 0.15) is 5.76 Å². The Morgan fingerprint density at radius 3 is 3.11 bits per heavy atom. The molecule has 0 saturated carbocycles. The molecule has 0 aliphatic carbocycles. The number of oxazole rings is 1. The van der Waals surface area contributed by atoms with Crippen LogP contribution in [0.4, 0.5) is 0 Å². The average Bonchev–Trinajstić information content (AvgIpc) is 3.02. The fraction of sp³-hybridized carbons (Fsp3) is 0.231. The molecule has 2 heterocycles. The fourth-order valence-corrected chi connectivity index (χ4v) is 2.19. The maximum atomic E-state index is 11.9. The lowest BCUT2D eigenvalue weighted by Gasteiger charge is -1.99. The molecular formula is C13H13N3O2S. The first kappa shape index (κ1) is 13.3. The van der Waals surface area contributed by atoms with Crippen molar-refractivity contribution in [2.24, 2.45) is 5.73 Å². The summed E-state index contributed by atoms with van der Waals surface area (Å²) in [6.07, 6.45) is 1.62. The Balaban J connectivity index is 1.94. The summed E-state index contributed by atoms with van der Waals surface area (Å²) >= 11 is 1.33. The Morgan fingerprint density at radius 2 is 2.42 bits per heavy atom. The number of thiophene rings is 1. The number of nitrogens with zero attached hydrogens (tertiary/aromatic N) is 1. The topological polar surface area (TPSA) is 81.2 Å². The third-order valence-corrected chi connectivity index (χ3v) is 3.21. The van der Waals surface area contributed by atoms with E-state index in [9.17, 15) is 4.79 Å². The lowest BCUT2D eigenvalue weighted by atomic mass is 10.4. The van der Waals surface area contributed by atoms with Crippen LogP contribution in [0.3, 0.4) is 0 Å². The highest BCUT2D eigenvalue weighted by Crippen LogP contribution is 2.15. The molecule has 0 bridgehead atoms. The van der Waals surface area contributed by atoms with E-state index in [0.717, 1.165) is 10.6 Å². The minimum absolute atomic E-state index is 0.165. The normalized spacial score (nSPS) is 9.79. The van der Waals surface area contributed by atoms with Crippen molar-refractivity contribution in [3.8, 4) is 11.8 Å². The molecule has 2 aromatic heterocycles. The van der Waals surface area contributed by atoms with E-state index in [-0.39, 0.29) is 12.5 Å². The van der Waals surface area contributed by atoms with Crippen LogP contribution in [0.5, 0.6) is 0 Å². The minimum atomic E-state index is -0.165. The van der Waals surface area contributed by atoms with Crippen LogP contribution >= 0.6 is 11.3 Å². The zero-order chi connectivity index (χ0) is 13.7. The number of aryl methyl sites for hydroxylation is 1. The van der Waals surface area contributed by atoms with Crippen LogP contribution in [0.25, 0.3) is 0 Å². The quantitative estimate of drug-likeness (QED) is 0.827. The van der Waals surface area contributed by atoms with Crippen LogP contribution < -0.4 is 11.1 Å². The smallest absolute Gasteiger partial charge is 0.261 e. The first-order valence-corrected chi connectivity index (χ1v) is 6.49. The van der Waals surface area contributed by atoms with Gasteiger partial charge in [-0.2, -0.15) is 0 Å². The third kappa shape index (κ3) is 3.68. The molecular weight excluding hydrogens is 262 g/mol. The molecule has 1 amide bonds. The third-order valence-electron chi connectivity index (χ3n) is 2.21. The van der Waals surface area contributed by atoms with Crippen molar-refractivity contribution in [1.82, 2.24) is 10.3 Å². The summed E-state index contributed by atoms with van der Waals surface area (Å²) in [5.41, 5.74) is 5.29. The first-order valence-electron chi connectivity index (χ1n) is 5.67. The van der Waals surface area contributed by atoms with Crippen molar-refractivity contribution in [2.45, 2.75) is 13.5 Å². The van der Waals surface area contributed by atoms with E-state index in [1.54, 1.807) is 25.3 Å². The molecule has 3 N–H and O–H groups in total. The van der Waals surface area contributed by atoms with Gasteiger partial charge in [-0.1, -0.05) is 11.8 Å². The largest absolute Gasteiger partial charge is 0.444 e. The van der Waals surface area contributed by atoms with Crippen LogP contribution in [0.2, 0.25) is 0 Å². The lowest BCUT2D eigenvalue weighted by Crippen LogP contribution is -2.21. The van der Waals surface area contributed by atoms with E-state index in [2.05, 4.69) is 22.1 Å². The summed E-state index contributed by atoms with van der Waals surface area (Å²) in [6, 6.07) is 3.54. The molecule has 0 saturated heterocycles. The van der Waals surface area contributed by atoms with Crippen molar-refractivity contribution in [1.29, 1.82) is 0 Å². The van der Waals surface area contributed by atoms with Gasteiger partial charge in [0.15, 0.2) is 0 Å². The van der Waals surface area contributed by atoms with Crippen LogP contribution in [0.15, 0.2) is 22.7 Å². The Bertz CT molecular complexity index is 634. The van der Waals surface area contributed by atoms with E-state index in [0.29, 0.717) is 17.3 Å². The molecule has 6 heteroatoms. The second-order valence-electron chi connectivity index (χ2n) is 3.72. The van der Waals surface area contributed by atoms with Gasteiger partial charge in [0.2, 0.25) is 5.89 Å². The molecule has 0 atom stereocenters. The van der Waals surface area contributed by atoms with Gasteiger partial charge in [0.25, 0.3) is 5.91 Å². The number of aromatic nitrogens is 1. The zero-order valence-corrected chi connectivity index (χ0v) is 11.2. The molecule has 0 fully saturated rings. The molecule has 0 aromatic carbocycles. The van der Waals surface area contributed by atoms with Gasteiger partial charge >= 0.3 is 0 Å². The van der Waals surface area contributed by atoms with E-state index < -0.39 is 0 Å². The van der Waals surface area contributed by atoms with Gasteiger partial charge in [0, 0.05) is 0 Å². The van der Waals surface area contributed by atoms with E-state index in [4.69, 9.17) is 10.2 Å². The number of carbonyl (C=O) groups excluding carboxylic acids is 1. The summed E-state index contributed by atoms with van der Waals surface area (Å²) < 4.78 is 5.27. The molecule has 0 aliphatic rings. The molecule has 98 valence electrons. The highest BCUT2D eigenvalue weighted by atomic mass is 32.1. The summed E-state index contributed by atoms with van der Waals surface area (Å²) in [5.74, 6) is 6.69. The molecule has 0 aliphatic heterocycles. The second kappa shape index (κ2) is 6.18. The van der Waals surface area contributed by atoms with Crippen LogP contribution in [0, 0.1) is 18.8 Å². The number of nitrogens with one attached hydrogen (secondary N) is 1. The summed E-state index contributed by atoms with van der Waals surface area (Å²) in [6.45, 7) is 2.39. The Labute approximate surface area is 114 Å². The first-order chi connectivity index (χ1) is 9.19. The summed E-state index contributed by atoms with van der Waals surface area (Å²) in [4.78, 5) is 17.3. The number of rotatable bonds is 3. The van der Waals surface area contributed by atoms with Crippen molar-refractivity contribution < 1.29 is 9.21 Å². The van der Waals surface area contributed by atoms with E-state index >= 15 is 0 Å². The standard InChI is InChI=1S/C13H13N3O2S/c1-9-7-15-12(18-9)8-16-13(17)11-5-4-10(19-11)3-2-6-14/h4-5,7H,6,8,14H2,1H3,(H,16,17). The molecule has 19 heavy (non-hydrogen) atoms. The Kier molecular flexibility index (Phi) is 4.34. The summed E-state index contributed by atoms with van der Waals surface area (Å²) in [5, 5.41) is 2.74. The molecule has 0 unspecified atom stereocenters. The molecule has 2 aromatic rings.